The molecule has 1 heterocycles. The van der Waals surface area contributed by atoms with E-state index in [-0.39, 0.29) is 63.4 Å². The molecule has 6 aromatic rings. The lowest BCUT2D eigenvalue weighted by Gasteiger charge is -2.19. The number of ether oxygens (including phenoxy) is 1. The van der Waals surface area contributed by atoms with Crippen molar-refractivity contribution < 1.29 is 61.7 Å². The largest absolute Gasteiger partial charge is 0.505 e. The van der Waals surface area contributed by atoms with Crippen molar-refractivity contribution in [3.05, 3.63) is 130 Å². The average molecular weight is 1070 g/mol. The highest BCUT2D eigenvalue weighted by Gasteiger charge is 2.25. The van der Waals surface area contributed by atoms with E-state index in [1.165, 1.54) is 36.4 Å². The van der Waals surface area contributed by atoms with Crippen molar-refractivity contribution in [1.29, 1.82) is 0 Å². The summed E-state index contributed by atoms with van der Waals surface area (Å²) in [6.07, 6.45) is 1.72. The molecule has 7 rings (SSSR count). The second-order valence-electron chi connectivity index (χ2n) is 16.0. The minimum absolute atomic E-state index is 0.0132. The zero-order chi connectivity index (χ0) is 51.6. The van der Waals surface area contributed by atoms with Gasteiger partial charge >= 0.3 is 0 Å². The van der Waals surface area contributed by atoms with Crippen LogP contribution in [0.1, 0.15) is 44.7 Å². The highest BCUT2D eigenvalue weighted by molar-refractivity contribution is 7.87. The molecule has 1 aliphatic heterocycles. The van der Waals surface area contributed by atoms with Crippen molar-refractivity contribution in [1.82, 2.24) is 0 Å². The topological polar surface area (TPSA) is 324 Å². The summed E-state index contributed by atoms with van der Waals surface area (Å²) < 4.78 is 141. The van der Waals surface area contributed by atoms with Crippen LogP contribution in [0.15, 0.2) is 159 Å². The first-order chi connectivity index (χ1) is 33.3. The molecule has 0 fully saturated rings. The molecule has 0 radical (unpaired) electrons. The Labute approximate surface area is 412 Å². The number of halogens is 1. The molecule has 0 spiro atoms. The molecule has 26 heteroatoms. The fourth-order valence-corrected chi connectivity index (χ4v) is 9.95. The molecule has 0 aromatic heterocycles. The monoisotopic (exact) mass is 1070 g/mol. The molecule has 0 aliphatic carbocycles. The van der Waals surface area contributed by atoms with E-state index in [9.17, 15) is 57.0 Å². The summed E-state index contributed by atoms with van der Waals surface area (Å²) in [5, 5.41) is 36.9. The quantitative estimate of drug-likeness (QED) is 0.0245. The van der Waals surface area contributed by atoms with Crippen molar-refractivity contribution in [2.24, 2.45) is 30.7 Å². The van der Waals surface area contributed by atoms with Gasteiger partial charge in [-0.05, 0) is 115 Å². The number of phenols is 1. The Morgan fingerprint density at radius 2 is 1.39 bits per heavy atom. The summed E-state index contributed by atoms with van der Waals surface area (Å²) in [6.45, 7) is 6.08. The summed E-state index contributed by atoms with van der Waals surface area (Å²) in [5.41, 5.74) is 3.81. The number of aromatic hydroxyl groups is 1. The minimum atomic E-state index is -5.00. The van der Waals surface area contributed by atoms with Gasteiger partial charge in [-0.1, -0.05) is 48.9 Å². The Balaban J connectivity index is 1.16. The number of azo groups is 3. The molecule has 0 saturated carbocycles. The van der Waals surface area contributed by atoms with Crippen LogP contribution in [0.25, 0.3) is 21.5 Å². The predicted molar refractivity (Wildman–Crippen MR) is 263 cm³/mol. The molecule has 0 atom stereocenters. The molecule has 0 amide bonds. The van der Waals surface area contributed by atoms with Crippen LogP contribution in [0, 0.1) is 0 Å². The van der Waals surface area contributed by atoms with Crippen molar-refractivity contribution >= 4 is 102 Å². The second-order valence-corrected chi connectivity index (χ2v) is 22.2. The lowest BCUT2D eigenvalue weighted by molar-refractivity contribution is 0.317. The van der Waals surface area contributed by atoms with Gasteiger partial charge in [-0.15, -0.1) is 15.3 Å². The Morgan fingerprint density at radius 1 is 0.704 bits per heavy atom. The van der Waals surface area contributed by atoms with Crippen LogP contribution in [0.2, 0.25) is 5.02 Å². The maximum Gasteiger partial charge on any atom is 0.296 e. The molecule has 0 unspecified atom stereocenters. The maximum absolute atomic E-state index is 12.7. The van der Waals surface area contributed by atoms with E-state index in [1.54, 1.807) is 45.0 Å². The standard InChI is InChI=1S/C45H42ClN7O14S4/c1-4-32(48-52-44-43(71(64,65)66)19-31-17-34(12-13-36(31)45(44)54)53-24-29-8-5-6-9-30(29)25-53)16-26(2)27(3)47-51-40-22-38(46)39(23-41(40)67-14-7-15-68(55,56)57)50-49-33-11-10-28-18-35(69(58,59)60)21-42(37(28)20-33)70(61,62)63/h5-6,8-13,16-23,54H,4,7,14-15,24-25H2,1-3H3,(H,55,56,57)(H,58,59,60)(H,61,62,63)(H,64,65,66)/b27-26+,32-16+,50-49?,51-47?,52-48?. The lowest BCUT2D eigenvalue weighted by atomic mass is 10.1. The number of anilines is 1. The molecular formula is C45H42ClN7O14S4. The smallest absolute Gasteiger partial charge is 0.296 e. The Morgan fingerprint density at radius 3 is 2.03 bits per heavy atom. The highest BCUT2D eigenvalue weighted by Crippen LogP contribution is 2.44. The van der Waals surface area contributed by atoms with Crippen LogP contribution >= 0.6 is 11.6 Å². The normalized spacial score (nSPS) is 14.4. The number of fused-ring (bicyclic) bond motifs is 3. The second kappa shape index (κ2) is 20.7. The molecule has 372 valence electrons. The van der Waals surface area contributed by atoms with Crippen molar-refractivity contribution in [2.45, 2.75) is 61.4 Å². The highest BCUT2D eigenvalue weighted by atomic mass is 35.5. The Hall–Kier alpha value is -6.55. The molecular weight excluding hydrogens is 1030 g/mol. The van der Waals surface area contributed by atoms with Crippen molar-refractivity contribution in [2.75, 3.05) is 17.3 Å². The van der Waals surface area contributed by atoms with Crippen LogP contribution in [-0.4, -0.2) is 69.3 Å². The van der Waals surface area contributed by atoms with Gasteiger partial charge in [-0.2, -0.15) is 49.0 Å². The molecule has 1 aliphatic rings. The number of benzene rings is 6. The molecule has 71 heavy (non-hydrogen) atoms. The zero-order valence-corrected chi connectivity index (χ0v) is 41.6. The number of hydrogen-bond acceptors (Lipinski definition) is 17. The van der Waals surface area contributed by atoms with Crippen molar-refractivity contribution in [3.63, 3.8) is 0 Å². The third kappa shape index (κ3) is 12.7. The van der Waals surface area contributed by atoms with Crippen molar-refractivity contribution in [3.8, 4) is 11.5 Å². The number of rotatable bonds is 17. The van der Waals surface area contributed by atoms with Crippen LogP contribution < -0.4 is 9.64 Å². The van der Waals surface area contributed by atoms with Gasteiger partial charge < -0.3 is 14.7 Å². The SMILES string of the molecule is CC/C(=C\C(C)=C(/C)N=Nc1cc(Cl)c(N=Nc2ccc3cc(S(=O)(=O)O)cc(S(=O)(=O)O)c3c2)cc1OCCCS(=O)(=O)O)N=Nc1c(S(=O)(=O)O)cc2cc(N3Cc4ccccc4C3)ccc2c1O. The first kappa shape index (κ1) is 52.3. The summed E-state index contributed by atoms with van der Waals surface area (Å²) in [5.74, 6) is -1.15. The predicted octanol–water partition coefficient (Wildman–Crippen LogP) is 11.1. The number of phenolic OH excluding ortho intramolecular Hbond substituents is 1. The first-order valence-corrected chi connectivity index (χ1v) is 27.3. The fraction of sp³-hybridized carbons (Fsp3) is 0.200. The summed E-state index contributed by atoms with van der Waals surface area (Å²) in [6, 6.07) is 22.4. The van der Waals surface area contributed by atoms with Gasteiger partial charge in [-0.3, -0.25) is 18.2 Å². The third-order valence-electron chi connectivity index (χ3n) is 11.0. The summed E-state index contributed by atoms with van der Waals surface area (Å²) >= 11 is 6.58. The van der Waals surface area contributed by atoms with Crippen LogP contribution in [0.5, 0.6) is 11.5 Å². The van der Waals surface area contributed by atoms with Gasteiger partial charge in [0.25, 0.3) is 40.5 Å². The van der Waals surface area contributed by atoms with E-state index in [0.29, 0.717) is 41.5 Å². The fourth-order valence-electron chi connectivity index (χ4n) is 7.27. The van der Waals surface area contributed by atoms with Gasteiger partial charge in [0.15, 0.2) is 5.75 Å². The molecule has 5 N–H and O–H groups in total. The first-order valence-electron chi connectivity index (χ1n) is 21.0. The number of allylic oxidation sites excluding steroid dienone is 4. The van der Waals surface area contributed by atoms with E-state index in [4.69, 9.17) is 16.3 Å². The van der Waals surface area contributed by atoms with E-state index in [2.05, 4.69) is 35.6 Å². The lowest BCUT2D eigenvalue weighted by Crippen LogP contribution is -2.14. The van der Waals surface area contributed by atoms with E-state index in [0.717, 1.165) is 22.9 Å². The zero-order valence-electron chi connectivity index (χ0n) is 37.5. The molecule has 0 saturated heterocycles. The molecule has 0 bridgehead atoms. The molecule has 6 aromatic carbocycles. The Kier molecular flexibility index (Phi) is 15.2. The van der Waals surface area contributed by atoms with E-state index < -0.39 is 72.3 Å². The third-order valence-corrected chi connectivity index (χ3v) is 14.7. The number of hydrogen-bond donors (Lipinski definition) is 5. The average Bonchev–Trinajstić information content (AvgIpc) is 3.74. The summed E-state index contributed by atoms with van der Waals surface area (Å²) in [4.78, 5) is -0.148. The van der Waals surface area contributed by atoms with Gasteiger partial charge in [0.1, 0.15) is 32.6 Å². The van der Waals surface area contributed by atoms with Gasteiger partial charge in [0, 0.05) is 35.6 Å². The van der Waals surface area contributed by atoms with Gasteiger partial charge in [-0.25, -0.2) is 0 Å². The maximum atomic E-state index is 12.7. The number of nitrogens with zero attached hydrogens (tertiary/aromatic N) is 7. The van der Waals surface area contributed by atoms with Crippen LogP contribution in [0.4, 0.5) is 28.4 Å². The van der Waals surface area contributed by atoms with Crippen LogP contribution in [0.3, 0.4) is 0 Å². The minimum Gasteiger partial charge on any atom is -0.505 e. The van der Waals surface area contributed by atoms with Gasteiger partial charge in [0.05, 0.1) is 39.4 Å². The van der Waals surface area contributed by atoms with Gasteiger partial charge in [0.2, 0.25) is 0 Å². The van der Waals surface area contributed by atoms with E-state index >= 15 is 0 Å². The van der Waals surface area contributed by atoms with E-state index in [1.807, 2.05) is 24.3 Å². The van der Waals surface area contributed by atoms with Crippen LogP contribution in [-0.2, 0) is 53.6 Å². The summed E-state index contributed by atoms with van der Waals surface area (Å²) in [7, 11) is -19.1. The molecule has 21 nitrogen and oxygen atoms in total. The Bertz CT molecular complexity index is 3750.